The Balaban J connectivity index is 2.68. The number of hydrogen-bond acceptors (Lipinski definition) is 3. The van der Waals surface area contributed by atoms with Crippen LogP contribution in [0.1, 0.15) is 6.92 Å². The summed E-state index contributed by atoms with van der Waals surface area (Å²) in [7, 11) is 0. The predicted octanol–water partition coefficient (Wildman–Crippen LogP) is 2.71. The lowest BCUT2D eigenvalue weighted by molar-refractivity contribution is -0.122. The number of hydrogen-bond donors (Lipinski definition) is 4. The van der Waals surface area contributed by atoms with Gasteiger partial charge in [-0.2, -0.15) is 0 Å². The Morgan fingerprint density at radius 3 is 2.04 bits per heavy atom. The molecule has 1 aromatic rings. The summed E-state index contributed by atoms with van der Waals surface area (Å²) >= 11 is 22.2. The van der Waals surface area contributed by atoms with Crippen LogP contribution in [0.2, 0.25) is 0 Å². The molecule has 0 aromatic heterocycles. The van der Waals surface area contributed by atoms with Crippen LogP contribution in [0.15, 0.2) is 24.3 Å². The zero-order valence-corrected chi connectivity index (χ0v) is 15.4. The first kappa shape index (κ1) is 20.7. The van der Waals surface area contributed by atoms with Gasteiger partial charge in [-0.3, -0.25) is 9.59 Å². The van der Waals surface area contributed by atoms with Crippen molar-refractivity contribution in [1.82, 2.24) is 10.6 Å². The van der Waals surface area contributed by atoms with Crippen molar-refractivity contribution in [3.05, 3.63) is 24.3 Å². The number of benzene rings is 1. The Kier molecular flexibility index (Phi) is 7.95. The number of anilines is 2. The summed E-state index contributed by atoms with van der Waals surface area (Å²) in [5, 5.41) is 10.2. The van der Waals surface area contributed by atoms with Gasteiger partial charge in [0.25, 0.3) is 5.91 Å². The van der Waals surface area contributed by atoms with E-state index in [1.165, 1.54) is 6.92 Å². The van der Waals surface area contributed by atoms with E-state index in [2.05, 4.69) is 21.3 Å². The smallest absolute Gasteiger partial charge is 0.253 e. The van der Waals surface area contributed by atoms with Crippen molar-refractivity contribution in [3.63, 3.8) is 0 Å². The number of alkyl halides is 4. The summed E-state index contributed by atoms with van der Waals surface area (Å²) < 4.78 is 10.3. The molecule has 6 nitrogen and oxygen atoms in total. The fourth-order valence-corrected chi connectivity index (χ4v) is 2.10. The largest absolute Gasteiger partial charge is 0.339 e. The summed E-state index contributed by atoms with van der Waals surface area (Å²) in [6.07, 6.45) is -1.23. The number of amides is 2. The molecule has 0 spiro atoms. The second-order valence-electron chi connectivity index (χ2n) is 4.53. The maximum Gasteiger partial charge on any atom is 0.253 e. The molecule has 0 fully saturated rings. The van der Waals surface area contributed by atoms with Crippen molar-refractivity contribution < 1.29 is 14.0 Å². The maximum absolute atomic E-state index is 12.3. The van der Waals surface area contributed by atoms with Crippen LogP contribution in [0.4, 0.5) is 15.8 Å². The predicted molar refractivity (Wildman–Crippen MR) is 98.3 cm³/mol. The molecule has 1 atom stereocenters. The SMILES string of the molecule is CC(=O)Nc1ccc(NC(=S)N[C@@H](NC(=O)CF)C(Cl)(Cl)Cl)cc1. The number of halogens is 4. The minimum atomic E-state index is -1.95. The summed E-state index contributed by atoms with van der Waals surface area (Å²) in [4.78, 5) is 22.1. The average Bonchev–Trinajstić information content (AvgIpc) is 2.47. The highest BCUT2D eigenvalue weighted by molar-refractivity contribution is 7.80. The van der Waals surface area contributed by atoms with Gasteiger partial charge in [0.2, 0.25) is 9.70 Å². The zero-order valence-electron chi connectivity index (χ0n) is 12.3. The Morgan fingerprint density at radius 2 is 1.62 bits per heavy atom. The third-order valence-corrected chi connectivity index (χ3v) is 3.37. The molecule has 0 saturated carbocycles. The van der Waals surface area contributed by atoms with Crippen molar-refractivity contribution in [3.8, 4) is 0 Å². The highest BCUT2D eigenvalue weighted by Crippen LogP contribution is 2.29. The van der Waals surface area contributed by atoms with Crippen LogP contribution in [-0.2, 0) is 9.59 Å². The van der Waals surface area contributed by atoms with E-state index in [1.54, 1.807) is 24.3 Å². The normalized spacial score (nSPS) is 12.0. The Morgan fingerprint density at radius 1 is 1.12 bits per heavy atom. The molecule has 0 aliphatic heterocycles. The molecule has 1 rings (SSSR count). The fourth-order valence-electron chi connectivity index (χ4n) is 1.54. The number of carbonyl (C=O) groups is 2. The van der Waals surface area contributed by atoms with E-state index < -0.39 is 22.5 Å². The molecular weight excluding hydrogens is 402 g/mol. The Hall–Kier alpha value is -1.35. The Labute approximate surface area is 158 Å². The first-order valence-corrected chi connectivity index (χ1v) is 8.03. The molecule has 132 valence electrons. The molecular formula is C13H14Cl3FN4O2S. The molecule has 24 heavy (non-hydrogen) atoms. The van der Waals surface area contributed by atoms with Crippen LogP contribution in [0.5, 0.6) is 0 Å². The summed E-state index contributed by atoms with van der Waals surface area (Å²) in [5.41, 5.74) is 1.20. The number of thiocarbonyl (C=S) groups is 1. The van der Waals surface area contributed by atoms with Crippen LogP contribution >= 0.6 is 47.0 Å². The van der Waals surface area contributed by atoms with Gasteiger partial charge >= 0.3 is 0 Å². The van der Waals surface area contributed by atoms with Crippen molar-refractivity contribution in [2.75, 3.05) is 17.3 Å². The van der Waals surface area contributed by atoms with E-state index in [0.29, 0.717) is 11.4 Å². The molecule has 0 heterocycles. The highest BCUT2D eigenvalue weighted by Gasteiger charge is 2.34. The third kappa shape index (κ3) is 7.48. The number of nitrogens with one attached hydrogen (secondary N) is 4. The van der Waals surface area contributed by atoms with Crippen molar-refractivity contribution in [1.29, 1.82) is 0 Å². The minimum Gasteiger partial charge on any atom is -0.339 e. The van der Waals surface area contributed by atoms with Crippen LogP contribution in [-0.4, -0.2) is 33.6 Å². The lowest BCUT2D eigenvalue weighted by Gasteiger charge is -2.27. The van der Waals surface area contributed by atoms with E-state index >= 15 is 0 Å². The molecule has 0 unspecified atom stereocenters. The van der Waals surface area contributed by atoms with Gasteiger partial charge in [-0.15, -0.1) is 0 Å². The van der Waals surface area contributed by atoms with Gasteiger partial charge in [0.15, 0.2) is 11.8 Å². The molecule has 0 aliphatic rings. The van der Waals surface area contributed by atoms with Crippen molar-refractivity contribution in [2.45, 2.75) is 16.9 Å². The van der Waals surface area contributed by atoms with Gasteiger partial charge in [-0.05, 0) is 36.5 Å². The summed E-state index contributed by atoms with van der Waals surface area (Å²) in [6, 6.07) is 6.63. The second kappa shape index (κ2) is 9.22. The quantitative estimate of drug-likeness (QED) is 0.338. The summed E-state index contributed by atoms with van der Waals surface area (Å²) in [6.45, 7) is 0.136. The third-order valence-electron chi connectivity index (χ3n) is 2.49. The molecule has 0 aliphatic carbocycles. The molecule has 1 aromatic carbocycles. The first-order valence-electron chi connectivity index (χ1n) is 6.49. The van der Waals surface area contributed by atoms with Gasteiger partial charge in [0, 0.05) is 18.3 Å². The van der Waals surface area contributed by atoms with Gasteiger partial charge in [0.1, 0.15) is 6.17 Å². The second-order valence-corrected chi connectivity index (χ2v) is 7.31. The standard InChI is InChI=1S/C13H14Cl3FN4O2S/c1-7(22)18-8-2-4-9(5-3-8)19-12(24)21-11(13(14,15)16)20-10(23)6-17/h2-5,11H,6H2,1H3,(H,18,22)(H,20,23)(H2,19,21,24)/t11-/m1/s1. The Bertz CT molecular complexity index is 610. The monoisotopic (exact) mass is 414 g/mol. The molecule has 0 saturated heterocycles. The van der Waals surface area contributed by atoms with Crippen LogP contribution < -0.4 is 21.3 Å². The number of carbonyl (C=O) groups excluding carboxylic acids is 2. The molecule has 0 bridgehead atoms. The zero-order chi connectivity index (χ0) is 18.3. The summed E-state index contributed by atoms with van der Waals surface area (Å²) in [5.74, 6) is -1.15. The molecule has 2 amide bonds. The highest BCUT2D eigenvalue weighted by atomic mass is 35.6. The first-order chi connectivity index (χ1) is 11.1. The topological polar surface area (TPSA) is 82.3 Å². The van der Waals surface area contributed by atoms with Crippen LogP contribution in [0.25, 0.3) is 0 Å². The molecule has 4 N–H and O–H groups in total. The van der Waals surface area contributed by atoms with Gasteiger partial charge in [-0.25, -0.2) is 4.39 Å². The molecule has 0 radical (unpaired) electrons. The minimum absolute atomic E-state index is 0.0396. The van der Waals surface area contributed by atoms with E-state index in [-0.39, 0.29) is 11.0 Å². The molecule has 11 heteroatoms. The lowest BCUT2D eigenvalue weighted by atomic mass is 10.3. The van der Waals surface area contributed by atoms with Crippen molar-refractivity contribution in [2.24, 2.45) is 0 Å². The van der Waals surface area contributed by atoms with E-state index in [4.69, 9.17) is 47.0 Å². The van der Waals surface area contributed by atoms with E-state index in [9.17, 15) is 14.0 Å². The van der Waals surface area contributed by atoms with Gasteiger partial charge in [0.05, 0.1) is 0 Å². The fraction of sp³-hybridized carbons (Fsp3) is 0.308. The average molecular weight is 416 g/mol. The lowest BCUT2D eigenvalue weighted by Crippen LogP contribution is -2.56. The van der Waals surface area contributed by atoms with Gasteiger partial charge < -0.3 is 21.3 Å². The van der Waals surface area contributed by atoms with Crippen LogP contribution in [0, 0.1) is 0 Å². The van der Waals surface area contributed by atoms with E-state index in [1.807, 2.05) is 0 Å². The number of rotatable bonds is 5. The van der Waals surface area contributed by atoms with Crippen LogP contribution in [0.3, 0.4) is 0 Å². The van der Waals surface area contributed by atoms with E-state index in [0.717, 1.165) is 0 Å². The van der Waals surface area contributed by atoms with Crippen molar-refractivity contribution >= 4 is 75.3 Å². The maximum atomic E-state index is 12.3. The van der Waals surface area contributed by atoms with Gasteiger partial charge in [-0.1, -0.05) is 34.8 Å².